The number of aromatic nitrogens is 2. The normalized spacial score (nSPS) is 10.3. The number of halogens is 1. The summed E-state index contributed by atoms with van der Waals surface area (Å²) in [5.74, 6) is 0. The van der Waals surface area contributed by atoms with Crippen molar-refractivity contribution in [3.05, 3.63) is 16.4 Å². The summed E-state index contributed by atoms with van der Waals surface area (Å²) in [6.07, 6.45) is 0. The van der Waals surface area contributed by atoms with Crippen molar-refractivity contribution in [2.24, 2.45) is 0 Å². The van der Waals surface area contributed by atoms with Gasteiger partial charge in [-0.3, -0.25) is 4.68 Å². The average molecular weight is 205 g/mol. The maximum absolute atomic E-state index is 8.58. The van der Waals surface area contributed by atoms with Gasteiger partial charge in [-0.25, -0.2) is 0 Å². The van der Waals surface area contributed by atoms with E-state index in [-0.39, 0.29) is 6.61 Å². The van der Waals surface area contributed by atoms with Crippen LogP contribution in [0.1, 0.15) is 5.69 Å². The molecular weight excluding hydrogens is 196 g/mol. The van der Waals surface area contributed by atoms with Gasteiger partial charge in [0.05, 0.1) is 13.2 Å². The Morgan fingerprint density at radius 2 is 2.50 bits per heavy atom. The number of rotatable bonds is 2. The van der Waals surface area contributed by atoms with Gasteiger partial charge in [0, 0.05) is 5.69 Å². The molecule has 3 nitrogen and oxygen atoms in total. The molecule has 0 atom stereocenters. The molecule has 1 aromatic rings. The molecule has 0 saturated carbocycles. The van der Waals surface area contributed by atoms with Gasteiger partial charge in [0.2, 0.25) is 0 Å². The molecule has 1 heterocycles. The first-order valence-electron chi connectivity index (χ1n) is 3.05. The van der Waals surface area contributed by atoms with Crippen molar-refractivity contribution < 1.29 is 5.11 Å². The first kappa shape index (κ1) is 7.75. The van der Waals surface area contributed by atoms with E-state index in [1.165, 1.54) is 0 Å². The van der Waals surface area contributed by atoms with Crippen LogP contribution in [0, 0.1) is 6.92 Å². The molecule has 0 spiro atoms. The summed E-state index contributed by atoms with van der Waals surface area (Å²) in [5, 5.41) is 12.7. The van der Waals surface area contributed by atoms with Gasteiger partial charge in [-0.2, -0.15) is 5.10 Å². The Morgan fingerprint density at radius 1 is 1.80 bits per heavy atom. The lowest BCUT2D eigenvalue weighted by Gasteiger charge is -1.98. The Balaban J connectivity index is 2.81. The summed E-state index contributed by atoms with van der Waals surface area (Å²) in [6.45, 7) is 2.65. The predicted molar refractivity (Wildman–Crippen MR) is 41.7 cm³/mol. The van der Waals surface area contributed by atoms with E-state index in [4.69, 9.17) is 5.11 Å². The molecular formula is C6H9BrN2O. The molecule has 0 unspecified atom stereocenters. The van der Waals surface area contributed by atoms with Crippen LogP contribution in [0.5, 0.6) is 0 Å². The molecule has 0 fully saturated rings. The minimum Gasteiger partial charge on any atom is -0.394 e. The lowest BCUT2D eigenvalue weighted by Crippen LogP contribution is -2.05. The molecule has 0 radical (unpaired) electrons. The fourth-order valence-electron chi connectivity index (χ4n) is 0.791. The highest BCUT2D eigenvalue weighted by Gasteiger charge is 1.98. The summed E-state index contributed by atoms with van der Waals surface area (Å²) in [4.78, 5) is 0. The third kappa shape index (κ3) is 1.58. The molecule has 1 rings (SSSR count). The number of aliphatic hydroxyl groups is 1. The van der Waals surface area contributed by atoms with Crippen molar-refractivity contribution in [3.63, 3.8) is 0 Å². The molecule has 0 aliphatic carbocycles. The standard InChI is InChI=1S/C6H9BrN2O/c1-5-4-6(7)8-9(5)2-3-10/h4,10H,2-3H2,1H3. The Labute approximate surface area is 67.8 Å². The summed E-state index contributed by atoms with van der Waals surface area (Å²) in [7, 11) is 0. The molecule has 0 aliphatic heterocycles. The lowest BCUT2D eigenvalue weighted by molar-refractivity contribution is 0.268. The minimum absolute atomic E-state index is 0.134. The molecule has 0 bridgehead atoms. The molecule has 0 saturated heterocycles. The van der Waals surface area contributed by atoms with Crippen LogP contribution < -0.4 is 0 Å². The molecule has 56 valence electrons. The van der Waals surface area contributed by atoms with E-state index in [1.54, 1.807) is 4.68 Å². The molecule has 0 aliphatic rings. The zero-order valence-electron chi connectivity index (χ0n) is 5.71. The third-order valence-corrected chi connectivity index (χ3v) is 1.65. The van der Waals surface area contributed by atoms with Gasteiger partial charge >= 0.3 is 0 Å². The summed E-state index contributed by atoms with van der Waals surface area (Å²) in [6, 6.07) is 1.91. The number of hydrogen-bond donors (Lipinski definition) is 1. The van der Waals surface area contributed by atoms with Crippen LogP contribution in [0.4, 0.5) is 0 Å². The van der Waals surface area contributed by atoms with Crippen LogP contribution in [-0.4, -0.2) is 21.5 Å². The summed E-state index contributed by atoms with van der Waals surface area (Å²) >= 11 is 3.24. The fourth-order valence-corrected chi connectivity index (χ4v) is 1.31. The largest absolute Gasteiger partial charge is 0.394 e. The third-order valence-electron chi connectivity index (χ3n) is 1.26. The SMILES string of the molecule is Cc1cc(Br)nn1CCO. The zero-order chi connectivity index (χ0) is 7.56. The van der Waals surface area contributed by atoms with Crippen LogP contribution in [0.25, 0.3) is 0 Å². The van der Waals surface area contributed by atoms with Crippen LogP contribution in [0.15, 0.2) is 10.7 Å². The molecule has 1 N–H and O–H groups in total. The van der Waals surface area contributed by atoms with Gasteiger partial charge < -0.3 is 5.11 Å². The predicted octanol–water partition coefficient (Wildman–Crippen LogP) is 0.946. The second-order valence-electron chi connectivity index (χ2n) is 2.06. The van der Waals surface area contributed by atoms with Gasteiger partial charge in [0.15, 0.2) is 0 Å². The number of aryl methyl sites for hydroxylation is 1. The van der Waals surface area contributed by atoms with Gasteiger partial charge in [-0.1, -0.05) is 0 Å². The highest BCUT2D eigenvalue weighted by Crippen LogP contribution is 2.08. The first-order valence-corrected chi connectivity index (χ1v) is 3.84. The smallest absolute Gasteiger partial charge is 0.128 e. The lowest BCUT2D eigenvalue weighted by atomic mass is 10.5. The quantitative estimate of drug-likeness (QED) is 0.780. The highest BCUT2D eigenvalue weighted by molar-refractivity contribution is 9.10. The van der Waals surface area contributed by atoms with Crippen LogP contribution >= 0.6 is 15.9 Å². The Kier molecular flexibility index (Phi) is 2.45. The van der Waals surface area contributed by atoms with E-state index >= 15 is 0 Å². The second-order valence-corrected chi connectivity index (χ2v) is 2.87. The van der Waals surface area contributed by atoms with Crippen LogP contribution in [0.2, 0.25) is 0 Å². The van der Waals surface area contributed by atoms with E-state index in [1.807, 2.05) is 13.0 Å². The highest BCUT2D eigenvalue weighted by atomic mass is 79.9. The van der Waals surface area contributed by atoms with Crippen molar-refractivity contribution in [1.29, 1.82) is 0 Å². The van der Waals surface area contributed by atoms with Crippen molar-refractivity contribution >= 4 is 15.9 Å². The molecule has 10 heavy (non-hydrogen) atoms. The van der Waals surface area contributed by atoms with Crippen molar-refractivity contribution in [2.45, 2.75) is 13.5 Å². The van der Waals surface area contributed by atoms with E-state index in [0.29, 0.717) is 6.54 Å². The molecule has 0 aromatic carbocycles. The van der Waals surface area contributed by atoms with Crippen LogP contribution in [-0.2, 0) is 6.54 Å². The molecule has 4 heteroatoms. The van der Waals surface area contributed by atoms with Crippen LogP contribution in [0.3, 0.4) is 0 Å². The van der Waals surface area contributed by atoms with Gasteiger partial charge in [0.1, 0.15) is 4.60 Å². The average Bonchev–Trinajstić information content (AvgIpc) is 2.13. The van der Waals surface area contributed by atoms with E-state index in [9.17, 15) is 0 Å². The van der Waals surface area contributed by atoms with Gasteiger partial charge in [-0.05, 0) is 28.9 Å². The topological polar surface area (TPSA) is 38.0 Å². The Hall–Kier alpha value is -0.350. The van der Waals surface area contributed by atoms with Crippen molar-refractivity contribution in [2.75, 3.05) is 6.61 Å². The molecule has 1 aromatic heterocycles. The maximum atomic E-state index is 8.58. The second kappa shape index (κ2) is 3.16. The fraction of sp³-hybridized carbons (Fsp3) is 0.500. The van der Waals surface area contributed by atoms with Crippen molar-refractivity contribution in [1.82, 2.24) is 9.78 Å². The summed E-state index contributed by atoms with van der Waals surface area (Å²) < 4.78 is 2.57. The zero-order valence-corrected chi connectivity index (χ0v) is 7.30. The monoisotopic (exact) mass is 204 g/mol. The Morgan fingerprint density at radius 3 is 2.90 bits per heavy atom. The Bertz CT molecular complexity index is 222. The van der Waals surface area contributed by atoms with E-state index < -0.39 is 0 Å². The minimum atomic E-state index is 0.134. The summed E-state index contributed by atoms with van der Waals surface area (Å²) in [5.41, 5.74) is 1.06. The van der Waals surface area contributed by atoms with E-state index in [0.717, 1.165) is 10.3 Å². The maximum Gasteiger partial charge on any atom is 0.128 e. The number of nitrogens with zero attached hydrogens (tertiary/aromatic N) is 2. The van der Waals surface area contributed by atoms with Gasteiger partial charge in [-0.15, -0.1) is 0 Å². The van der Waals surface area contributed by atoms with Crippen molar-refractivity contribution in [3.8, 4) is 0 Å². The molecule has 0 amide bonds. The van der Waals surface area contributed by atoms with Gasteiger partial charge in [0.25, 0.3) is 0 Å². The van der Waals surface area contributed by atoms with E-state index in [2.05, 4.69) is 21.0 Å². The first-order chi connectivity index (χ1) is 4.74. The number of hydrogen-bond acceptors (Lipinski definition) is 2. The number of aliphatic hydroxyl groups excluding tert-OH is 1.